The Bertz CT molecular complexity index is 1360. The molecule has 0 aliphatic carbocycles. The molecule has 0 aliphatic heterocycles. The van der Waals surface area contributed by atoms with Gasteiger partial charge in [-0.1, -0.05) is 70.0 Å². The average molecular weight is 524 g/mol. The Morgan fingerprint density at radius 1 is 1.06 bits per heavy atom. The maximum absolute atomic E-state index is 13.4. The highest BCUT2D eigenvalue weighted by Crippen LogP contribution is 2.31. The van der Waals surface area contributed by atoms with E-state index < -0.39 is 11.9 Å². The molecule has 0 aliphatic rings. The summed E-state index contributed by atoms with van der Waals surface area (Å²) < 4.78 is 0.819. The number of aliphatic carboxylic acids is 1. The highest BCUT2D eigenvalue weighted by molar-refractivity contribution is 9.10. The molecule has 7 heteroatoms. The minimum absolute atomic E-state index is 0.0769. The molecule has 33 heavy (non-hydrogen) atoms. The number of aromatic nitrogens is 1. The zero-order valence-corrected chi connectivity index (χ0v) is 20.0. The number of nitrogens with zero attached hydrogens (tertiary/aromatic N) is 1. The molecule has 0 radical (unpaired) electrons. The summed E-state index contributed by atoms with van der Waals surface area (Å²) >= 11 is 9.51. The number of pyridine rings is 1. The van der Waals surface area contributed by atoms with Crippen molar-refractivity contribution in [2.45, 2.75) is 12.8 Å². The molecule has 0 bridgehead atoms. The Morgan fingerprint density at radius 3 is 2.52 bits per heavy atom. The minimum atomic E-state index is -1.04. The van der Waals surface area contributed by atoms with Gasteiger partial charge in [0.25, 0.3) is 5.91 Å². The van der Waals surface area contributed by atoms with E-state index in [2.05, 4.69) is 21.2 Å². The van der Waals surface area contributed by atoms with Gasteiger partial charge in [0.1, 0.15) is 0 Å². The van der Waals surface area contributed by atoms with E-state index in [4.69, 9.17) is 16.6 Å². The van der Waals surface area contributed by atoms with Gasteiger partial charge in [0.05, 0.1) is 22.7 Å². The van der Waals surface area contributed by atoms with Crippen LogP contribution >= 0.6 is 27.5 Å². The number of hydrogen-bond donors (Lipinski definition) is 2. The third-order valence-corrected chi connectivity index (χ3v) is 6.21. The summed E-state index contributed by atoms with van der Waals surface area (Å²) in [5.41, 5.74) is 4.00. The van der Waals surface area contributed by atoms with Crippen molar-refractivity contribution in [3.8, 4) is 11.3 Å². The number of rotatable bonds is 6. The summed E-state index contributed by atoms with van der Waals surface area (Å²) in [4.78, 5) is 30.1. The van der Waals surface area contributed by atoms with Crippen LogP contribution in [0.25, 0.3) is 22.2 Å². The first-order chi connectivity index (χ1) is 15.8. The SMILES string of the molecule is Cc1c(-c2ccccc2)nc2ccc(Br)cc2c1C(=O)NC[C@H](C(=O)O)c1cccc(Cl)c1. The predicted molar refractivity (Wildman–Crippen MR) is 134 cm³/mol. The van der Waals surface area contributed by atoms with E-state index >= 15 is 0 Å². The number of nitrogens with one attached hydrogen (secondary N) is 1. The van der Waals surface area contributed by atoms with Crippen molar-refractivity contribution in [3.63, 3.8) is 0 Å². The molecule has 0 spiro atoms. The maximum atomic E-state index is 13.4. The lowest BCUT2D eigenvalue weighted by Crippen LogP contribution is -2.32. The molecule has 1 heterocycles. The van der Waals surface area contributed by atoms with Crippen LogP contribution < -0.4 is 5.32 Å². The summed E-state index contributed by atoms with van der Waals surface area (Å²) in [6.45, 7) is 1.78. The monoisotopic (exact) mass is 522 g/mol. The van der Waals surface area contributed by atoms with Crippen LogP contribution in [-0.2, 0) is 4.79 Å². The molecule has 5 nitrogen and oxygen atoms in total. The first kappa shape index (κ1) is 23.0. The van der Waals surface area contributed by atoms with Crippen LogP contribution in [0.5, 0.6) is 0 Å². The Labute approximate surface area is 204 Å². The highest BCUT2D eigenvalue weighted by Gasteiger charge is 2.24. The van der Waals surface area contributed by atoms with Crippen LogP contribution in [0.2, 0.25) is 5.02 Å². The number of carbonyl (C=O) groups is 2. The fourth-order valence-corrected chi connectivity index (χ4v) is 4.41. The second-order valence-corrected chi connectivity index (χ2v) is 9.00. The maximum Gasteiger partial charge on any atom is 0.312 e. The van der Waals surface area contributed by atoms with Crippen LogP contribution in [0, 0.1) is 6.92 Å². The molecule has 1 amide bonds. The lowest BCUT2D eigenvalue weighted by molar-refractivity contribution is -0.138. The molecule has 0 saturated heterocycles. The van der Waals surface area contributed by atoms with Gasteiger partial charge in [-0.25, -0.2) is 4.98 Å². The first-order valence-electron chi connectivity index (χ1n) is 10.3. The third kappa shape index (κ3) is 4.92. The molecule has 0 fully saturated rings. The van der Waals surface area contributed by atoms with E-state index in [1.54, 1.807) is 24.3 Å². The Morgan fingerprint density at radius 2 is 1.82 bits per heavy atom. The standard InChI is InChI=1S/C26H20BrClN2O3/c1-15-23(25(31)29-14-21(26(32)33)17-8-5-9-19(28)12-17)20-13-18(27)10-11-22(20)30-24(15)16-6-3-2-4-7-16/h2-13,21H,14H2,1H3,(H,29,31)(H,32,33)/t21-/m0/s1. The molecule has 166 valence electrons. The quantitative estimate of drug-likeness (QED) is 0.314. The Hall–Kier alpha value is -3.22. The predicted octanol–water partition coefficient (Wildman–Crippen LogP) is 6.22. The third-order valence-electron chi connectivity index (χ3n) is 5.48. The van der Waals surface area contributed by atoms with Crippen molar-refractivity contribution in [1.82, 2.24) is 10.3 Å². The summed E-state index contributed by atoms with van der Waals surface area (Å²) in [6, 6.07) is 21.9. The van der Waals surface area contributed by atoms with Gasteiger partial charge in [0.2, 0.25) is 0 Å². The molecule has 2 N–H and O–H groups in total. The van der Waals surface area contributed by atoms with Crippen molar-refractivity contribution < 1.29 is 14.7 Å². The van der Waals surface area contributed by atoms with Crippen molar-refractivity contribution in [3.05, 3.63) is 99.0 Å². The van der Waals surface area contributed by atoms with Gasteiger partial charge in [0.15, 0.2) is 0 Å². The topological polar surface area (TPSA) is 79.3 Å². The van der Waals surface area contributed by atoms with Gasteiger partial charge in [-0.2, -0.15) is 0 Å². The second kappa shape index (κ2) is 9.73. The van der Waals surface area contributed by atoms with E-state index in [0.29, 0.717) is 32.7 Å². The van der Waals surface area contributed by atoms with Gasteiger partial charge in [-0.3, -0.25) is 9.59 Å². The molecular formula is C26H20BrClN2O3. The Kier molecular flexibility index (Phi) is 6.77. The van der Waals surface area contributed by atoms with Crippen LogP contribution in [-0.4, -0.2) is 28.5 Å². The lowest BCUT2D eigenvalue weighted by atomic mass is 9.96. The second-order valence-electron chi connectivity index (χ2n) is 7.64. The Balaban J connectivity index is 1.74. The molecular weight excluding hydrogens is 504 g/mol. The number of carboxylic acid groups (broad SMARTS) is 1. The zero-order valence-electron chi connectivity index (χ0n) is 17.7. The smallest absolute Gasteiger partial charge is 0.312 e. The van der Waals surface area contributed by atoms with E-state index in [0.717, 1.165) is 15.6 Å². The molecule has 0 saturated carbocycles. The van der Waals surface area contributed by atoms with Gasteiger partial charge in [-0.15, -0.1) is 0 Å². The molecule has 1 atom stereocenters. The molecule has 4 aromatic rings. The fraction of sp³-hybridized carbons (Fsp3) is 0.115. The largest absolute Gasteiger partial charge is 0.481 e. The van der Waals surface area contributed by atoms with Crippen LogP contribution in [0.3, 0.4) is 0 Å². The van der Waals surface area contributed by atoms with Crippen molar-refractivity contribution in [1.29, 1.82) is 0 Å². The van der Waals surface area contributed by atoms with Crippen molar-refractivity contribution in [2.75, 3.05) is 6.54 Å². The number of halogens is 2. The van der Waals surface area contributed by atoms with Crippen molar-refractivity contribution >= 4 is 50.3 Å². The summed E-state index contributed by atoms with van der Waals surface area (Å²) in [7, 11) is 0. The number of hydrogen-bond acceptors (Lipinski definition) is 3. The molecule has 1 aromatic heterocycles. The summed E-state index contributed by atoms with van der Waals surface area (Å²) in [5.74, 6) is -2.33. The zero-order chi connectivity index (χ0) is 23.5. The van der Waals surface area contributed by atoms with E-state index in [1.165, 1.54) is 0 Å². The number of carbonyl (C=O) groups excluding carboxylic acids is 1. The van der Waals surface area contributed by atoms with Crippen LogP contribution in [0.15, 0.2) is 77.3 Å². The molecule has 3 aromatic carbocycles. The van der Waals surface area contributed by atoms with Gasteiger partial charge < -0.3 is 10.4 Å². The number of carboxylic acids is 1. The van der Waals surface area contributed by atoms with Crippen LogP contribution in [0.4, 0.5) is 0 Å². The number of benzene rings is 3. The van der Waals surface area contributed by atoms with E-state index in [-0.39, 0.29) is 12.5 Å². The molecule has 4 rings (SSSR count). The van der Waals surface area contributed by atoms with Gasteiger partial charge in [0, 0.05) is 27.0 Å². The number of fused-ring (bicyclic) bond motifs is 1. The lowest BCUT2D eigenvalue weighted by Gasteiger charge is -2.17. The average Bonchev–Trinajstić information content (AvgIpc) is 2.79. The highest BCUT2D eigenvalue weighted by atomic mass is 79.9. The van der Waals surface area contributed by atoms with E-state index in [1.807, 2.05) is 55.5 Å². The molecule has 0 unspecified atom stereocenters. The normalized spacial score (nSPS) is 11.8. The van der Waals surface area contributed by atoms with E-state index in [9.17, 15) is 14.7 Å². The van der Waals surface area contributed by atoms with Gasteiger partial charge in [-0.05, 0) is 48.4 Å². The summed E-state index contributed by atoms with van der Waals surface area (Å²) in [5, 5.41) is 13.7. The number of amides is 1. The summed E-state index contributed by atoms with van der Waals surface area (Å²) in [6.07, 6.45) is 0. The van der Waals surface area contributed by atoms with Crippen LogP contribution in [0.1, 0.15) is 27.4 Å². The minimum Gasteiger partial charge on any atom is -0.481 e. The fourth-order valence-electron chi connectivity index (χ4n) is 3.85. The van der Waals surface area contributed by atoms with Crippen molar-refractivity contribution in [2.24, 2.45) is 0 Å². The van der Waals surface area contributed by atoms with Gasteiger partial charge >= 0.3 is 5.97 Å². The first-order valence-corrected chi connectivity index (χ1v) is 11.4.